The van der Waals surface area contributed by atoms with Crippen molar-refractivity contribution in [3.05, 3.63) is 56.5 Å². The van der Waals surface area contributed by atoms with Gasteiger partial charge in [0.2, 0.25) is 0 Å². The van der Waals surface area contributed by atoms with E-state index in [1.807, 2.05) is 0 Å². The second-order valence-electron chi connectivity index (χ2n) is 4.12. The van der Waals surface area contributed by atoms with Gasteiger partial charge in [0.15, 0.2) is 0 Å². The molecular formula is C13H10BrCl2NO2S. The first-order chi connectivity index (χ1) is 9.31. The summed E-state index contributed by atoms with van der Waals surface area (Å²) in [6.07, 6.45) is 0. The molecule has 0 spiro atoms. The number of nitrogens with one attached hydrogen (secondary N) is 1. The van der Waals surface area contributed by atoms with Crippen molar-refractivity contribution >= 4 is 54.8 Å². The standard InChI is InChI=1S/C13H10BrCl2NO2S/c1-8-5-6-9(14)7-12(8)20(18,19)17-11-4-2-3-10(15)13(11)16/h2-7,17H,1H3. The highest BCUT2D eigenvalue weighted by Crippen LogP contribution is 2.32. The molecule has 2 aromatic rings. The van der Waals surface area contributed by atoms with E-state index in [0.717, 1.165) is 0 Å². The summed E-state index contributed by atoms with van der Waals surface area (Å²) in [6, 6.07) is 9.81. The average molecular weight is 395 g/mol. The fraction of sp³-hybridized carbons (Fsp3) is 0.0769. The number of halogens is 3. The van der Waals surface area contributed by atoms with E-state index in [9.17, 15) is 8.42 Å². The van der Waals surface area contributed by atoms with Gasteiger partial charge in [0.1, 0.15) is 0 Å². The maximum atomic E-state index is 12.4. The monoisotopic (exact) mass is 393 g/mol. The molecule has 2 rings (SSSR count). The van der Waals surface area contributed by atoms with E-state index in [2.05, 4.69) is 20.7 Å². The zero-order chi connectivity index (χ0) is 14.9. The van der Waals surface area contributed by atoms with Crippen LogP contribution in [0.25, 0.3) is 0 Å². The van der Waals surface area contributed by atoms with Gasteiger partial charge in [-0.25, -0.2) is 8.42 Å². The third-order valence-corrected chi connectivity index (χ3v) is 5.46. The molecule has 1 N–H and O–H groups in total. The number of sulfonamides is 1. The van der Waals surface area contributed by atoms with E-state index < -0.39 is 10.0 Å². The Hall–Kier alpha value is -0.750. The summed E-state index contributed by atoms with van der Waals surface area (Å²) in [6.45, 7) is 1.72. The number of hydrogen-bond donors (Lipinski definition) is 1. The Morgan fingerprint density at radius 1 is 1.15 bits per heavy atom. The van der Waals surface area contributed by atoms with Gasteiger partial charge in [0.25, 0.3) is 10.0 Å². The van der Waals surface area contributed by atoms with E-state index in [-0.39, 0.29) is 20.6 Å². The molecule has 20 heavy (non-hydrogen) atoms. The molecule has 0 unspecified atom stereocenters. The van der Waals surface area contributed by atoms with Crippen molar-refractivity contribution in [2.24, 2.45) is 0 Å². The predicted octanol–water partition coefficient (Wildman–Crippen LogP) is 4.87. The molecule has 0 atom stereocenters. The van der Waals surface area contributed by atoms with Crippen molar-refractivity contribution in [2.75, 3.05) is 4.72 Å². The molecular weight excluding hydrogens is 385 g/mol. The highest BCUT2D eigenvalue weighted by molar-refractivity contribution is 9.10. The number of benzene rings is 2. The second kappa shape index (κ2) is 5.93. The molecule has 106 valence electrons. The summed E-state index contributed by atoms with van der Waals surface area (Å²) in [5.41, 5.74) is 0.886. The van der Waals surface area contributed by atoms with Crippen molar-refractivity contribution in [3.8, 4) is 0 Å². The minimum Gasteiger partial charge on any atom is -0.278 e. The van der Waals surface area contributed by atoms with Gasteiger partial charge in [-0.05, 0) is 36.8 Å². The number of hydrogen-bond acceptors (Lipinski definition) is 2. The van der Waals surface area contributed by atoms with Gasteiger partial charge in [-0.1, -0.05) is 51.3 Å². The quantitative estimate of drug-likeness (QED) is 0.807. The van der Waals surface area contributed by atoms with Gasteiger partial charge in [-0.3, -0.25) is 4.72 Å². The Morgan fingerprint density at radius 3 is 2.55 bits per heavy atom. The normalized spacial score (nSPS) is 11.4. The Bertz CT molecular complexity index is 763. The maximum absolute atomic E-state index is 12.4. The molecule has 0 amide bonds. The lowest BCUT2D eigenvalue weighted by atomic mass is 10.2. The third-order valence-electron chi connectivity index (χ3n) is 2.64. The number of aryl methyl sites for hydroxylation is 1. The summed E-state index contributed by atoms with van der Waals surface area (Å²) in [4.78, 5) is 0.183. The van der Waals surface area contributed by atoms with Crippen molar-refractivity contribution in [2.45, 2.75) is 11.8 Å². The van der Waals surface area contributed by atoms with E-state index >= 15 is 0 Å². The molecule has 0 bridgehead atoms. The molecule has 3 nitrogen and oxygen atoms in total. The largest absolute Gasteiger partial charge is 0.278 e. The first-order valence-electron chi connectivity index (χ1n) is 5.54. The predicted molar refractivity (Wildman–Crippen MR) is 86.1 cm³/mol. The third kappa shape index (κ3) is 3.28. The lowest BCUT2D eigenvalue weighted by molar-refractivity contribution is 0.600. The van der Waals surface area contributed by atoms with Crippen molar-refractivity contribution < 1.29 is 8.42 Å². The molecule has 0 aliphatic carbocycles. The Balaban J connectivity index is 2.46. The molecule has 2 aromatic carbocycles. The van der Waals surface area contributed by atoms with Gasteiger partial charge < -0.3 is 0 Å². The molecule has 0 radical (unpaired) electrons. The highest BCUT2D eigenvalue weighted by atomic mass is 79.9. The SMILES string of the molecule is Cc1ccc(Br)cc1S(=O)(=O)Nc1cccc(Cl)c1Cl. The van der Waals surface area contributed by atoms with Crippen LogP contribution in [0.2, 0.25) is 10.0 Å². The number of anilines is 1. The van der Waals surface area contributed by atoms with Crippen LogP contribution in [-0.2, 0) is 10.0 Å². The van der Waals surface area contributed by atoms with Crippen LogP contribution in [-0.4, -0.2) is 8.42 Å². The summed E-state index contributed by atoms with van der Waals surface area (Å²) in [5.74, 6) is 0. The van der Waals surface area contributed by atoms with Crippen LogP contribution in [0.5, 0.6) is 0 Å². The fourth-order valence-corrected chi connectivity index (χ4v) is 3.91. The Kier molecular flexibility index (Phi) is 4.64. The molecule has 0 aliphatic heterocycles. The van der Waals surface area contributed by atoms with E-state index in [1.54, 1.807) is 37.3 Å². The van der Waals surface area contributed by atoms with E-state index in [1.165, 1.54) is 6.07 Å². The van der Waals surface area contributed by atoms with E-state index in [0.29, 0.717) is 10.0 Å². The summed E-state index contributed by atoms with van der Waals surface area (Å²) >= 11 is 15.1. The van der Waals surface area contributed by atoms with Crippen molar-refractivity contribution in [3.63, 3.8) is 0 Å². The topological polar surface area (TPSA) is 46.2 Å². The minimum absolute atomic E-state index is 0.172. The summed E-state index contributed by atoms with van der Waals surface area (Å²) < 4.78 is 27.9. The summed E-state index contributed by atoms with van der Waals surface area (Å²) in [5, 5.41) is 0.461. The van der Waals surface area contributed by atoms with Gasteiger partial charge in [0.05, 0.1) is 20.6 Å². The van der Waals surface area contributed by atoms with Crippen LogP contribution in [0.4, 0.5) is 5.69 Å². The molecule has 0 aromatic heterocycles. The van der Waals surface area contributed by atoms with E-state index in [4.69, 9.17) is 23.2 Å². The minimum atomic E-state index is -3.73. The molecule has 0 fully saturated rings. The van der Waals surface area contributed by atoms with Gasteiger partial charge in [-0.2, -0.15) is 0 Å². The van der Waals surface area contributed by atoms with Crippen molar-refractivity contribution in [1.82, 2.24) is 0 Å². The van der Waals surface area contributed by atoms with Crippen molar-refractivity contribution in [1.29, 1.82) is 0 Å². The zero-order valence-corrected chi connectivity index (χ0v) is 14.2. The lowest BCUT2D eigenvalue weighted by Crippen LogP contribution is -2.14. The molecule has 0 saturated carbocycles. The fourth-order valence-electron chi connectivity index (χ4n) is 1.65. The van der Waals surface area contributed by atoms with Crippen LogP contribution >= 0.6 is 39.1 Å². The summed E-state index contributed by atoms with van der Waals surface area (Å²) in [7, 11) is -3.73. The average Bonchev–Trinajstić information content (AvgIpc) is 2.37. The Morgan fingerprint density at radius 2 is 1.85 bits per heavy atom. The first kappa shape index (κ1) is 15.6. The zero-order valence-electron chi connectivity index (χ0n) is 10.3. The van der Waals surface area contributed by atoms with Crippen LogP contribution in [0.1, 0.15) is 5.56 Å². The molecule has 0 heterocycles. The van der Waals surface area contributed by atoms with Crippen LogP contribution in [0.3, 0.4) is 0 Å². The highest BCUT2D eigenvalue weighted by Gasteiger charge is 2.19. The maximum Gasteiger partial charge on any atom is 0.262 e. The molecule has 7 heteroatoms. The lowest BCUT2D eigenvalue weighted by Gasteiger charge is -2.12. The molecule has 0 saturated heterocycles. The van der Waals surface area contributed by atoms with Crippen LogP contribution in [0.15, 0.2) is 45.8 Å². The van der Waals surface area contributed by atoms with Gasteiger partial charge in [-0.15, -0.1) is 0 Å². The smallest absolute Gasteiger partial charge is 0.262 e. The Labute approximate surface area is 136 Å². The molecule has 0 aliphatic rings. The van der Waals surface area contributed by atoms with Gasteiger partial charge >= 0.3 is 0 Å². The van der Waals surface area contributed by atoms with Crippen LogP contribution < -0.4 is 4.72 Å². The first-order valence-corrected chi connectivity index (χ1v) is 8.57. The number of rotatable bonds is 3. The van der Waals surface area contributed by atoms with Gasteiger partial charge in [0, 0.05) is 4.47 Å². The second-order valence-corrected chi connectivity index (χ2v) is 7.47. The van der Waals surface area contributed by atoms with Crippen LogP contribution in [0, 0.1) is 6.92 Å².